The molecular weight excluding hydrogens is 493 g/mol. The van der Waals surface area contributed by atoms with Gasteiger partial charge in [0.05, 0.1) is 19.1 Å². The number of nitrogens with zero attached hydrogens (tertiary/aromatic N) is 2. The first kappa shape index (κ1) is 20.4. The van der Waals surface area contributed by atoms with Gasteiger partial charge in [-0.3, -0.25) is 9.79 Å². The van der Waals surface area contributed by atoms with E-state index in [-0.39, 0.29) is 22.3 Å². The number of carbonyl (C=O) groups excluding carboxylic acids is 1. The van der Waals surface area contributed by atoms with E-state index >= 15 is 0 Å². The van der Waals surface area contributed by atoms with Gasteiger partial charge < -0.3 is 15.2 Å². The van der Waals surface area contributed by atoms with Crippen LogP contribution in [0.4, 0.5) is 4.39 Å². The molecule has 7 aliphatic rings. The fourth-order valence-electron chi connectivity index (χ4n) is 9.48. The highest BCUT2D eigenvalue weighted by molar-refractivity contribution is 7.11. The number of halogens is 2. The molecule has 6 saturated carbocycles. The minimum absolute atomic E-state index is 0.0138. The van der Waals surface area contributed by atoms with Crippen molar-refractivity contribution in [3.8, 4) is 0 Å². The number of aliphatic imine (C=N–C) groups is 1. The van der Waals surface area contributed by atoms with Crippen LogP contribution in [0.25, 0.3) is 0 Å². The molecule has 0 radical (unpaired) electrons. The lowest BCUT2D eigenvalue weighted by molar-refractivity contribution is -0.647. The quantitative estimate of drug-likeness (QED) is 0.574. The average molecular weight is 512 g/mol. The molecule has 7 nitrogen and oxygen atoms in total. The third-order valence-corrected chi connectivity index (χ3v) is 11.2. The highest BCUT2D eigenvalue weighted by Gasteiger charge is 3.10. The van der Waals surface area contributed by atoms with E-state index in [1.807, 2.05) is 5.38 Å². The first-order valence-electron chi connectivity index (χ1n) is 11.6. The molecule has 10 heteroatoms. The van der Waals surface area contributed by atoms with Crippen LogP contribution in [0.1, 0.15) is 23.0 Å². The van der Waals surface area contributed by atoms with Crippen molar-refractivity contribution in [2.75, 3.05) is 7.11 Å². The minimum atomic E-state index is -0.765. The van der Waals surface area contributed by atoms with Crippen molar-refractivity contribution < 1.29 is 23.8 Å². The lowest BCUT2D eigenvalue weighted by Gasteiger charge is -3.11. The van der Waals surface area contributed by atoms with E-state index in [1.165, 1.54) is 30.6 Å². The number of esters is 1. The van der Waals surface area contributed by atoms with Crippen LogP contribution in [0, 0.1) is 52.2 Å². The number of carboxylic acid groups (broad SMARTS) is 1. The topological polar surface area (TPSA) is 101 Å². The maximum atomic E-state index is 13.9. The smallest absolute Gasteiger partial charge is 0.338 e. The summed E-state index contributed by atoms with van der Waals surface area (Å²) in [6, 6.07) is 3.35. The molecule has 1 atom stereocenters. The number of hydrogen-bond acceptors (Lipinski definition) is 7. The van der Waals surface area contributed by atoms with Gasteiger partial charge in [0.1, 0.15) is 11.9 Å². The average Bonchev–Trinajstić information content (AvgIpc) is 3.38. The Morgan fingerprint density at radius 2 is 1.94 bits per heavy atom. The maximum absolute atomic E-state index is 13.9. The second-order valence-corrected chi connectivity index (χ2v) is 11.9. The van der Waals surface area contributed by atoms with E-state index in [9.17, 15) is 19.1 Å². The Morgan fingerprint density at radius 3 is 2.51 bits per heavy atom. The molecule has 2 heterocycles. The molecule has 1 unspecified atom stereocenters. The maximum Gasteiger partial charge on any atom is 0.338 e. The van der Waals surface area contributed by atoms with Crippen LogP contribution in [0.15, 0.2) is 46.0 Å². The molecule has 35 heavy (non-hydrogen) atoms. The van der Waals surface area contributed by atoms with Crippen LogP contribution in [0.2, 0.25) is 5.02 Å². The number of amidine groups is 1. The lowest BCUT2D eigenvalue weighted by Crippen LogP contribution is -3.10. The molecule has 0 saturated heterocycles. The van der Waals surface area contributed by atoms with Gasteiger partial charge in [-0.1, -0.05) is 17.7 Å². The van der Waals surface area contributed by atoms with Crippen molar-refractivity contribution >= 4 is 40.7 Å². The number of aliphatic carboxylic acids is 1. The van der Waals surface area contributed by atoms with Crippen molar-refractivity contribution in [3.05, 3.63) is 62.5 Å². The summed E-state index contributed by atoms with van der Waals surface area (Å²) in [6.45, 7) is 0. The highest BCUT2D eigenvalue weighted by atomic mass is 35.5. The van der Waals surface area contributed by atoms with Gasteiger partial charge in [0, 0.05) is 33.3 Å². The molecule has 2 aromatic rings. The van der Waals surface area contributed by atoms with E-state index in [0.29, 0.717) is 57.5 Å². The third-order valence-electron chi connectivity index (χ3n) is 10.1. The Kier molecular flexibility index (Phi) is 3.57. The molecular formula is C25H19ClFN3O4S. The molecule has 6 aliphatic carbocycles. The van der Waals surface area contributed by atoms with Gasteiger partial charge in [-0.25, -0.2) is 14.2 Å². The van der Waals surface area contributed by atoms with Gasteiger partial charge in [-0.05, 0) is 53.1 Å². The van der Waals surface area contributed by atoms with E-state index in [0.717, 1.165) is 5.70 Å². The summed E-state index contributed by atoms with van der Waals surface area (Å²) in [7, 11) is 1.35. The Morgan fingerprint density at radius 1 is 1.23 bits per heavy atom. The van der Waals surface area contributed by atoms with E-state index in [2.05, 4.69) is 10.3 Å². The molecule has 2 N–H and O–H groups in total. The zero-order valence-electron chi connectivity index (χ0n) is 18.4. The number of thiazole rings is 1. The molecule has 1 aliphatic heterocycles. The van der Waals surface area contributed by atoms with E-state index < -0.39 is 23.8 Å². The first-order valence-corrected chi connectivity index (χ1v) is 12.9. The number of allylic oxidation sites excluding steroid dienone is 1. The van der Waals surface area contributed by atoms with Gasteiger partial charge in [0.2, 0.25) is 0 Å². The Hall–Kier alpha value is -2.78. The van der Waals surface area contributed by atoms with E-state index in [4.69, 9.17) is 21.3 Å². The van der Waals surface area contributed by atoms with Crippen molar-refractivity contribution in [1.82, 2.24) is 10.3 Å². The van der Waals surface area contributed by atoms with Crippen molar-refractivity contribution in [2.24, 2.45) is 51.3 Å². The van der Waals surface area contributed by atoms with Crippen LogP contribution < -0.4 is 5.32 Å². The Bertz CT molecular complexity index is 1380. The number of carbonyl (C=O) groups is 2. The number of nitrogens with one attached hydrogen (secondary N) is 1. The van der Waals surface area contributed by atoms with Gasteiger partial charge in [0.15, 0.2) is 10.8 Å². The summed E-state index contributed by atoms with van der Waals surface area (Å²) in [6.07, 6.45) is 1.95. The molecule has 6 fully saturated rings. The van der Waals surface area contributed by atoms with Gasteiger partial charge >= 0.3 is 11.9 Å². The standard InChI is InChI=1S/C25H19ClFN3O4S/c1-34-23(33)12-19(9-3-2-8(27)6-10(9)26)29-21(22-28-4-5-35-22)30-20(12)25-16-13-17(25)15-18(25)14(16)24(13,15)7-11(31)32/h2-6,13-19H,7H2,1H3,(H,29,30)(H,31,32). The fraction of sp³-hybridized carbons (Fsp3) is 0.440. The van der Waals surface area contributed by atoms with Crippen molar-refractivity contribution in [1.29, 1.82) is 0 Å². The van der Waals surface area contributed by atoms with Crippen LogP contribution in [0.3, 0.4) is 0 Å². The van der Waals surface area contributed by atoms with Gasteiger partial charge in [-0.2, -0.15) is 0 Å². The van der Waals surface area contributed by atoms with Gasteiger partial charge in [0.25, 0.3) is 0 Å². The number of benzene rings is 1. The number of carboxylic acids is 1. The number of aromatic nitrogens is 1. The van der Waals surface area contributed by atoms with Crippen LogP contribution >= 0.6 is 22.9 Å². The summed E-state index contributed by atoms with van der Waals surface area (Å²) >= 11 is 7.90. The summed E-state index contributed by atoms with van der Waals surface area (Å²) in [4.78, 5) is 34.1. The summed E-state index contributed by atoms with van der Waals surface area (Å²) in [5, 5.41) is 15.7. The second-order valence-electron chi connectivity index (χ2n) is 10.6. The summed E-state index contributed by atoms with van der Waals surface area (Å²) in [5.74, 6) is 1.27. The van der Waals surface area contributed by atoms with Gasteiger partial charge in [-0.15, -0.1) is 11.3 Å². The largest absolute Gasteiger partial charge is 0.481 e. The number of hydrogen-bond donors (Lipinski definition) is 2. The first-order chi connectivity index (χ1) is 16.9. The molecule has 9 rings (SSSR count). The predicted octanol–water partition coefficient (Wildman–Crippen LogP) is 3.67. The van der Waals surface area contributed by atoms with E-state index in [1.54, 1.807) is 12.3 Å². The second kappa shape index (κ2) is 6.13. The number of methoxy groups -OCH3 is 1. The van der Waals surface area contributed by atoms with Crippen LogP contribution in [0.5, 0.6) is 0 Å². The number of ether oxygens (including phenoxy) is 1. The molecule has 0 bridgehead atoms. The molecule has 0 amide bonds. The predicted molar refractivity (Wildman–Crippen MR) is 123 cm³/mol. The Balaban J connectivity index is 1.27. The molecule has 1 aromatic carbocycles. The SMILES string of the molecule is COC(=O)C1=C(C23C4C5C2C2C3C4C52CC(=O)O)NC(c2nccs2)=NC1c1ccc(F)cc1Cl. The normalized spacial score (nSPS) is 42.3. The molecule has 1 aromatic heterocycles. The number of rotatable bonds is 6. The van der Waals surface area contributed by atoms with Crippen molar-refractivity contribution in [3.63, 3.8) is 0 Å². The van der Waals surface area contributed by atoms with Crippen LogP contribution in [-0.2, 0) is 14.3 Å². The summed E-state index contributed by atoms with van der Waals surface area (Å²) in [5.41, 5.74) is 1.57. The zero-order chi connectivity index (χ0) is 24.0. The highest BCUT2D eigenvalue weighted by Crippen LogP contribution is 3.11. The van der Waals surface area contributed by atoms with Crippen molar-refractivity contribution in [2.45, 2.75) is 12.5 Å². The summed E-state index contributed by atoms with van der Waals surface area (Å²) < 4.78 is 19.1. The Labute approximate surface area is 208 Å². The molecule has 178 valence electrons. The fourth-order valence-corrected chi connectivity index (χ4v) is 10.3. The third kappa shape index (κ3) is 1.91. The minimum Gasteiger partial charge on any atom is -0.481 e. The zero-order valence-corrected chi connectivity index (χ0v) is 19.9. The lowest BCUT2D eigenvalue weighted by atomic mass is 8.91. The monoisotopic (exact) mass is 511 g/mol. The van der Waals surface area contributed by atoms with Crippen LogP contribution in [-0.4, -0.2) is 35.0 Å². The molecule has 0 spiro atoms.